The maximum absolute atomic E-state index is 12.6. The van der Waals surface area contributed by atoms with Gasteiger partial charge in [0.25, 0.3) is 0 Å². The van der Waals surface area contributed by atoms with Crippen molar-refractivity contribution in [1.82, 2.24) is 4.90 Å². The Morgan fingerprint density at radius 2 is 1.91 bits per heavy atom. The van der Waals surface area contributed by atoms with Crippen molar-refractivity contribution in [2.24, 2.45) is 11.7 Å². The van der Waals surface area contributed by atoms with Gasteiger partial charge in [0.2, 0.25) is 5.91 Å². The summed E-state index contributed by atoms with van der Waals surface area (Å²) in [6.45, 7) is 5.84. The number of fused-ring (bicyclic) bond motifs is 1. The van der Waals surface area contributed by atoms with Crippen LogP contribution in [0.15, 0.2) is 24.3 Å². The van der Waals surface area contributed by atoms with Crippen LogP contribution < -0.4 is 5.73 Å². The SMILES string of the molecule is CC[C@@H](N)CCCC[C@H](C)C(=O)N1CCc2ccccc2C1. The van der Waals surface area contributed by atoms with Gasteiger partial charge in [-0.05, 0) is 36.8 Å². The minimum atomic E-state index is 0.128. The molecule has 0 aromatic heterocycles. The summed E-state index contributed by atoms with van der Waals surface area (Å²) in [5, 5.41) is 0. The van der Waals surface area contributed by atoms with Gasteiger partial charge in [0.05, 0.1) is 0 Å². The van der Waals surface area contributed by atoms with E-state index in [-0.39, 0.29) is 5.92 Å². The van der Waals surface area contributed by atoms with Gasteiger partial charge in [-0.25, -0.2) is 0 Å². The number of benzene rings is 1. The molecule has 1 aliphatic rings. The molecule has 1 aliphatic heterocycles. The number of unbranched alkanes of at least 4 members (excludes halogenated alkanes) is 1. The van der Waals surface area contributed by atoms with E-state index in [1.165, 1.54) is 11.1 Å². The molecule has 2 atom stereocenters. The second kappa shape index (κ2) is 8.33. The van der Waals surface area contributed by atoms with Gasteiger partial charge >= 0.3 is 0 Å². The molecular weight excluding hydrogens is 272 g/mol. The quantitative estimate of drug-likeness (QED) is 0.784. The topological polar surface area (TPSA) is 46.3 Å². The predicted octanol–water partition coefficient (Wildman–Crippen LogP) is 3.51. The average Bonchev–Trinajstić information content (AvgIpc) is 2.57. The highest BCUT2D eigenvalue weighted by Gasteiger charge is 2.24. The number of carbonyl (C=O) groups is 1. The van der Waals surface area contributed by atoms with Crippen LogP contribution in [0.1, 0.15) is 57.1 Å². The van der Waals surface area contributed by atoms with Gasteiger partial charge in [-0.2, -0.15) is 0 Å². The molecule has 1 heterocycles. The molecule has 22 heavy (non-hydrogen) atoms. The van der Waals surface area contributed by atoms with E-state index >= 15 is 0 Å². The van der Waals surface area contributed by atoms with Crippen LogP contribution in [0.3, 0.4) is 0 Å². The van der Waals surface area contributed by atoms with Crippen molar-refractivity contribution < 1.29 is 4.79 Å². The second-order valence-electron chi connectivity index (χ2n) is 6.63. The Morgan fingerprint density at radius 3 is 2.64 bits per heavy atom. The molecular formula is C19H30N2O. The zero-order chi connectivity index (χ0) is 15.9. The minimum absolute atomic E-state index is 0.128. The van der Waals surface area contributed by atoms with Crippen LogP contribution in [0, 0.1) is 5.92 Å². The number of nitrogens with zero attached hydrogens (tertiary/aromatic N) is 1. The Morgan fingerprint density at radius 1 is 1.23 bits per heavy atom. The average molecular weight is 302 g/mol. The summed E-state index contributed by atoms with van der Waals surface area (Å²) >= 11 is 0. The van der Waals surface area contributed by atoms with Crippen LogP contribution in [0.5, 0.6) is 0 Å². The number of nitrogens with two attached hydrogens (primary N) is 1. The highest BCUT2D eigenvalue weighted by atomic mass is 16.2. The van der Waals surface area contributed by atoms with Crippen LogP contribution in [-0.4, -0.2) is 23.4 Å². The van der Waals surface area contributed by atoms with E-state index in [0.29, 0.717) is 11.9 Å². The van der Waals surface area contributed by atoms with Crippen molar-refractivity contribution in [2.75, 3.05) is 6.54 Å². The van der Waals surface area contributed by atoms with Gasteiger partial charge < -0.3 is 10.6 Å². The van der Waals surface area contributed by atoms with Crippen molar-refractivity contribution in [2.45, 2.75) is 65.0 Å². The van der Waals surface area contributed by atoms with Gasteiger partial charge in [-0.3, -0.25) is 4.79 Å². The van der Waals surface area contributed by atoms with E-state index in [1.807, 2.05) is 4.90 Å². The molecule has 1 aromatic rings. The predicted molar refractivity (Wildman–Crippen MR) is 91.5 cm³/mol. The van der Waals surface area contributed by atoms with Crippen molar-refractivity contribution in [3.63, 3.8) is 0 Å². The fourth-order valence-corrected chi connectivity index (χ4v) is 3.18. The van der Waals surface area contributed by atoms with Gasteiger partial charge in [-0.1, -0.05) is 51.0 Å². The first-order valence-electron chi connectivity index (χ1n) is 8.73. The Balaban J connectivity index is 1.77. The number of carbonyl (C=O) groups excluding carboxylic acids is 1. The third kappa shape index (κ3) is 4.57. The Bertz CT molecular complexity index is 486. The van der Waals surface area contributed by atoms with Crippen molar-refractivity contribution in [3.8, 4) is 0 Å². The number of hydrogen-bond donors (Lipinski definition) is 1. The fourth-order valence-electron chi connectivity index (χ4n) is 3.18. The number of hydrogen-bond acceptors (Lipinski definition) is 2. The molecule has 0 radical (unpaired) electrons. The summed E-state index contributed by atoms with van der Waals surface area (Å²) < 4.78 is 0. The monoisotopic (exact) mass is 302 g/mol. The van der Waals surface area contributed by atoms with Gasteiger partial charge in [0, 0.05) is 25.0 Å². The van der Waals surface area contributed by atoms with E-state index < -0.39 is 0 Å². The zero-order valence-corrected chi connectivity index (χ0v) is 14.1. The van der Waals surface area contributed by atoms with Crippen LogP contribution in [0.4, 0.5) is 0 Å². The lowest BCUT2D eigenvalue weighted by atomic mass is 9.96. The molecule has 1 aromatic carbocycles. The lowest BCUT2D eigenvalue weighted by molar-refractivity contribution is -0.136. The molecule has 2 rings (SSSR count). The van der Waals surface area contributed by atoms with Crippen LogP contribution >= 0.6 is 0 Å². The maximum atomic E-state index is 12.6. The molecule has 0 saturated carbocycles. The highest BCUT2D eigenvalue weighted by molar-refractivity contribution is 5.78. The maximum Gasteiger partial charge on any atom is 0.225 e. The molecule has 2 N–H and O–H groups in total. The van der Waals surface area contributed by atoms with Crippen LogP contribution in [0.25, 0.3) is 0 Å². The summed E-state index contributed by atoms with van der Waals surface area (Å²) in [4.78, 5) is 14.6. The Kier molecular flexibility index (Phi) is 6.44. The van der Waals surface area contributed by atoms with E-state index in [1.54, 1.807) is 0 Å². The first-order chi connectivity index (χ1) is 10.6. The van der Waals surface area contributed by atoms with Crippen molar-refractivity contribution in [1.29, 1.82) is 0 Å². The normalized spacial score (nSPS) is 17.0. The largest absolute Gasteiger partial charge is 0.338 e. The third-order valence-corrected chi connectivity index (χ3v) is 4.85. The summed E-state index contributed by atoms with van der Waals surface area (Å²) in [7, 11) is 0. The Hall–Kier alpha value is -1.35. The summed E-state index contributed by atoms with van der Waals surface area (Å²) in [6.07, 6.45) is 6.32. The van der Waals surface area contributed by atoms with Crippen molar-refractivity contribution in [3.05, 3.63) is 35.4 Å². The van der Waals surface area contributed by atoms with E-state index in [0.717, 1.165) is 51.6 Å². The van der Waals surface area contributed by atoms with Gasteiger partial charge in [0.1, 0.15) is 0 Å². The summed E-state index contributed by atoms with van der Waals surface area (Å²) in [5.74, 6) is 0.442. The van der Waals surface area contributed by atoms with Crippen LogP contribution in [-0.2, 0) is 17.8 Å². The molecule has 0 aliphatic carbocycles. The van der Waals surface area contributed by atoms with E-state index in [9.17, 15) is 4.79 Å². The van der Waals surface area contributed by atoms with Crippen LogP contribution in [0.2, 0.25) is 0 Å². The first kappa shape index (κ1) is 17.0. The number of rotatable bonds is 7. The molecule has 0 bridgehead atoms. The van der Waals surface area contributed by atoms with E-state index in [2.05, 4.69) is 38.1 Å². The molecule has 0 spiro atoms. The molecule has 1 amide bonds. The number of amides is 1. The minimum Gasteiger partial charge on any atom is -0.338 e. The third-order valence-electron chi connectivity index (χ3n) is 4.85. The van der Waals surface area contributed by atoms with Gasteiger partial charge in [-0.15, -0.1) is 0 Å². The highest BCUT2D eigenvalue weighted by Crippen LogP contribution is 2.21. The van der Waals surface area contributed by atoms with Gasteiger partial charge in [0.15, 0.2) is 0 Å². The lowest BCUT2D eigenvalue weighted by Crippen LogP contribution is -2.39. The Labute approximate surface area is 134 Å². The summed E-state index contributed by atoms with van der Waals surface area (Å²) in [5.41, 5.74) is 8.64. The standard InChI is InChI=1S/C19H30N2O/c1-3-18(20)11-7-4-8-15(2)19(22)21-13-12-16-9-5-6-10-17(16)14-21/h5-6,9-10,15,18H,3-4,7-8,11-14,20H2,1-2H3/t15-,18+/m0/s1. The molecule has 3 nitrogen and oxygen atoms in total. The molecule has 3 heteroatoms. The molecule has 0 saturated heterocycles. The zero-order valence-electron chi connectivity index (χ0n) is 14.1. The molecule has 0 fully saturated rings. The lowest BCUT2D eigenvalue weighted by Gasteiger charge is -2.31. The second-order valence-corrected chi connectivity index (χ2v) is 6.63. The van der Waals surface area contributed by atoms with E-state index in [4.69, 9.17) is 5.73 Å². The molecule has 0 unspecified atom stereocenters. The smallest absolute Gasteiger partial charge is 0.225 e. The molecule has 122 valence electrons. The fraction of sp³-hybridized carbons (Fsp3) is 0.632. The van der Waals surface area contributed by atoms with Crippen molar-refractivity contribution >= 4 is 5.91 Å². The first-order valence-corrected chi connectivity index (χ1v) is 8.73. The summed E-state index contributed by atoms with van der Waals surface area (Å²) in [6, 6.07) is 8.79.